The summed E-state index contributed by atoms with van der Waals surface area (Å²) in [5.41, 5.74) is 1.44. The third kappa shape index (κ3) is 3.47. The van der Waals surface area contributed by atoms with Gasteiger partial charge in [0.05, 0.1) is 6.10 Å². The van der Waals surface area contributed by atoms with E-state index in [9.17, 15) is 5.11 Å². The Morgan fingerprint density at radius 3 is 2.71 bits per heavy atom. The van der Waals surface area contributed by atoms with Crippen LogP contribution in [-0.2, 0) is 0 Å². The third-order valence-electron chi connectivity index (χ3n) is 5.29. The summed E-state index contributed by atoms with van der Waals surface area (Å²) in [6, 6.07) is 12.0. The van der Waals surface area contributed by atoms with Crippen molar-refractivity contribution in [1.29, 1.82) is 0 Å². The highest BCUT2D eigenvalue weighted by molar-refractivity contribution is 5.18. The average molecular weight is 288 g/mol. The molecule has 1 aromatic carbocycles. The summed E-state index contributed by atoms with van der Waals surface area (Å²) in [5, 5.41) is 9.84. The number of hydrogen-bond donors (Lipinski definition) is 1. The lowest BCUT2D eigenvalue weighted by molar-refractivity contribution is 0.0564. The fraction of sp³-hybridized carbons (Fsp3) is 0.667. The number of benzene rings is 1. The maximum atomic E-state index is 9.84. The van der Waals surface area contributed by atoms with E-state index in [-0.39, 0.29) is 6.10 Å². The van der Waals surface area contributed by atoms with Gasteiger partial charge in [-0.3, -0.25) is 9.80 Å². The van der Waals surface area contributed by atoms with Crippen LogP contribution in [0.5, 0.6) is 0 Å². The van der Waals surface area contributed by atoms with Gasteiger partial charge in [-0.2, -0.15) is 0 Å². The number of nitrogens with zero attached hydrogens (tertiary/aromatic N) is 2. The van der Waals surface area contributed by atoms with Crippen LogP contribution in [0.25, 0.3) is 0 Å². The lowest BCUT2D eigenvalue weighted by Crippen LogP contribution is -2.55. The van der Waals surface area contributed by atoms with E-state index in [0.29, 0.717) is 18.0 Å². The molecule has 3 rings (SSSR count). The molecule has 1 aromatic rings. The standard InChI is InChI=1S/C18H28N2O/c1-14(16-6-4-3-5-7-16)8-9-19-12-17-10-18(21)13-20(17)11-15(19)2/h3-7,14-15,17-18,21H,8-13H2,1-2H3/t14-,15-,17+,18+/m0/s1. The molecular formula is C18H28N2O. The summed E-state index contributed by atoms with van der Waals surface area (Å²) in [4.78, 5) is 5.10. The minimum atomic E-state index is -0.106. The van der Waals surface area contributed by atoms with Crippen molar-refractivity contribution in [3.05, 3.63) is 35.9 Å². The molecule has 0 saturated carbocycles. The van der Waals surface area contributed by atoms with E-state index < -0.39 is 0 Å². The van der Waals surface area contributed by atoms with Gasteiger partial charge in [-0.15, -0.1) is 0 Å². The molecule has 2 saturated heterocycles. The van der Waals surface area contributed by atoms with Gasteiger partial charge in [-0.05, 0) is 37.8 Å². The maximum absolute atomic E-state index is 9.84. The lowest BCUT2D eigenvalue weighted by Gasteiger charge is -2.42. The molecule has 4 atom stereocenters. The molecular weight excluding hydrogens is 260 g/mol. The third-order valence-corrected chi connectivity index (χ3v) is 5.29. The smallest absolute Gasteiger partial charge is 0.0682 e. The number of piperazine rings is 1. The number of aliphatic hydroxyl groups excluding tert-OH is 1. The molecule has 0 bridgehead atoms. The van der Waals surface area contributed by atoms with Gasteiger partial charge in [0.15, 0.2) is 0 Å². The number of rotatable bonds is 4. The Morgan fingerprint density at radius 1 is 1.19 bits per heavy atom. The summed E-state index contributed by atoms with van der Waals surface area (Å²) in [6.07, 6.45) is 2.06. The molecule has 2 aliphatic rings. The van der Waals surface area contributed by atoms with E-state index in [1.807, 2.05) is 0 Å². The normalized spacial score (nSPS) is 32.0. The molecule has 0 spiro atoms. The van der Waals surface area contributed by atoms with Crippen molar-refractivity contribution >= 4 is 0 Å². The monoisotopic (exact) mass is 288 g/mol. The second-order valence-electron chi connectivity index (χ2n) is 6.94. The fourth-order valence-corrected chi connectivity index (χ4v) is 3.90. The highest BCUT2D eigenvalue weighted by Gasteiger charge is 2.37. The van der Waals surface area contributed by atoms with Crippen LogP contribution < -0.4 is 0 Å². The van der Waals surface area contributed by atoms with Crippen molar-refractivity contribution in [1.82, 2.24) is 9.80 Å². The zero-order valence-corrected chi connectivity index (χ0v) is 13.3. The summed E-state index contributed by atoms with van der Waals surface area (Å²) in [7, 11) is 0. The van der Waals surface area contributed by atoms with Crippen LogP contribution in [0.15, 0.2) is 30.3 Å². The minimum absolute atomic E-state index is 0.106. The van der Waals surface area contributed by atoms with E-state index in [1.165, 1.54) is 12.0 Å². The Morgan fingerprint density at radius 2 is 1.95 bits per heavy atom. The van der Waals surface area contributed by atoms with Crippen LogP contribution in [0.2, 0.25) is 0 Å². The Kier molecular flexibility index (Phi) is 4.63. The molecule has 2 aliphatic heterocycles. The molecule has 0 amide bonds. The molecule has 116 valence electrons. The van der Waals surface area contributed by atoms with Crippen molar-refractivity contribution < 1.29 is 5.11 Å². The first kappa shape index (κ1) is 15.0. The van der Waals surface area contributed by atoms with Crippen LogP contribution in [0.1, 0.15) is 38.2 Å². The van der Waals surface area contributed by atoms with Crippen LogP contribution in [0.3, 0.4) is 0 Å². The average Bonchev–Trinajstić information content (AvgIpc) is 2.84. The molecule has 2 heterocycles. The Balaban J connectivity index is 1.53. The van der Waals surface area contributed by atoms with Gasteiger partial charge in [0.25, 0.3) is 0 Å². The summed E-state index contributed by atoms with van der Waals surface area (Å²) < 4.78 is 0. The van der Waals surface area contributed by atoms with Gasteiger partial charge in [0, 0.05) is 31.7 Å². The second kappa shape index (κ2) is 6.47. The van der Waals surface area contributed by atoms with Crippen molar-refractivity contribution in [2.75, 3.05) is 26.2 Å². The SMILES string of the molecule is C[C@@H](CCN1C[C@H]2C[C@@H](O)CN2C[C@@H]1C)c1ccccc1. The molecule has 3 nitrogen and oxygen atoms in total. The molecule has 0 aromatic heterocycles. The predicted octanol–water partition coefficient (Wildman–Crippen LogP) is 2.32. The summed E-state index contributed by atoms with van der Waals surface area (Å²) in [6.45, 7) is 8.94. The van der Waals surface area contributed by atoms with Crippen molar-refractivity contribution in [3.63, 3.8) is 0 Å². The topological polar surface area (TPSA) is 26.7 Å². The van der Waals surface area contributed by atoms with Gasteiger partial charge in [-0.25, -0.2) is 0 Å². The number of hydrogen-bond acceptors (Lipinski definition) is 3. The molecule has 0 aliphatic carbocycles. The van der Waals surface area contributed by atoms with Crippen molar-refractivity contribution in [3.8, 4) is 0 Å². The lowest BCUT2D eigenvalue weighted by atomic mass is 9.97. The van der Waals surface area contributed by atoms with E-state index in [1.54, 1.807) is 0 Å². The van der Waals surface area contributed by atoms with Gasteiger partial charge in [0.1, 0.15) is 0 Å². The van der Waals surface area contributed by atoms with Crippen molar-refractivity contribution in [2.24, 2.45) is 0 Å². The van der Waals surface area contributed by atoms with E-state index in [4.69, 9.17) is 0 Å². The zero-order chi connectivity index (χ0) is 14.8. The maximum Gasteiger partial charge on any atom is 0.0682 e. The molecule has 21 heavy (non-hydrogen) atoms. The van der Waals surface area contributed by atoms with Crippen LogP contribution in [-0.4, -0.2) is 59.3 Å². The number of fused-ring (bicyclic) bond motifs is 1. The number of aliphatic hydroxyl groups is 1. The molecule has 0 radical (unpaired) electrons. The van der Waals surface area contributed by atoms with Gasteiger partial charge >= 0.3 is 0 Å². The molecule has 3 heteroatoms. The first-order valence-electron chi connectivity index (χ1n) is 8.34. The molecule has 0 unspecified atom stereocenters. The second-order valence-corrected chi connectivity index (χ2v) is 6.94. The van der Waals surface area contributed by atoms with Gasteiger partial charge in [-0.1, -0.05) is 37.3 Å². The largest absolute Gasteiger partial charge is 0.392 e. The van der Waals surface area contributed by atoms with E-state index in [2.05, 4.69) is 54.0 Å². The fourth-order valence-electron chi connectivity index (χ4n) is 3.90. The Labute approximate surface area is 128 Å². The van der Waals surface area contributed by atoms with E-state index >= 15 is 0 Å². The molecule has 2 fully saturated rings. The van der Waals surface area contributed by atoms with Crippen LogP contribution >= 0.6 is 0 Å². The van der Waals surface area contributed by atoms with Crippen LogP contribution in [0, 0.1) is 0 Å². The van der Waals surface area contributed by atoms with Gasteiger partial charge in [0.2, 0.25) is 0 Å². The quantitative estimate of drug-likeness (QED) is 0.921. The Hall–Kier alpha value is -0.900. The van der Waals surface area contributed by atoms with Crippen LogP contribution in [0.4, 0.5) is 0 Å². The highest BCUT2D eigenvalue weighted by Crippen LogP contribution is 2.26. The zero-order valence-electron chi connectivity index (χ0n) is 13.3. The minimum Gasteiger partial charge on any atom is -0.392 e. The summed E-state index contributed by atoms with van der Waals surface area (Å²) in [5.74, 6) is 0.616. The highest BCUT2D eigenvalue weighted by atomic mass is 16.3. The van der Waals surface area contributed by atoms with Gasteiger partial charge < -0.3 is 5.11 Å². The first-order chi connectivity index (χ1) is 10.1. The first-order valence-corrected chi connectivity index (χ1v) is 8.34. The van der Waals surface area contributed by atoms with E-state index in [0.717, 1.165) is 32.6 Å². The van der Waals surface area contributed by atoms with Crippen molar-refractivity contribution in [2.45, 2.75) is 50.8 Å². The molecule has 1 N–H and O–H groups in total. The predicted molar refractivity (Wildman–Crippen MR) is 86.5 cm³/mol. The summed E-state index contributed by atoms with van der Waals surface area (Å²) >= 11 is 0. The Bertz CT molecular complexity index is 450.